The molecule has 1 heterocycles. The zero-order chi connectivity index (χ0) is 20.9. The first-order chi connectivity index (χ1) is 14.0. The molecule has 1 amide bonds. The van der Waals surface area contributed by atoms with Gasteiger partial charge in [-0.1, -0.05) is 32.0 Å². The van der Waals surface area contributed by atoms with Crippen LogP contribution in [0.5, 0.6) is 11.5 Å². The average Bonchev–Trinajstić information content (AvgIpc) is 2.71. The van der Waals surface area contributed by atoms with E-state index in [4.69, 9.17) is 14.2 Å². The first-order valence-electron chi connectivity index (χ1n) is 9.99. The minimum absolute atomic E-state index is 0.317. The van der Waals surface area contributed by atoms with Crippen LogP contribution in [0.15, 0.2) is 42.5 Å². The van der Waals surface area contributed by atoms with Crippen molar-refractivity contribution in [2.24, 2.45) is 0 Å². The fourth-order valence-corrected chi connectivity index (χ4v) is 3.16. The number of rotatable bonds is 8. The lowest BCUT2D eigenvalue weighted by atomic mass is 9.89. The van der Waals surface area contributed by atoms with E-state index in [0.29, 0.717) is 42.4 Å². The summed E-state index contributed by atoms with van der Waals surface area (Å²) in [5.41, 5.74) is 0.580. The van der Waals surface area contributed by atoms with E-state index < -0.39 is 11.6 Å². The summed E-state index contributed by atoms with van der Waals surface area (Å²) < 4.78 is 17.0. The Morgan fingerprint density at radius 3 is 2.48 bits per heavy atom. The van der Waals surface area contributed by atoms with E-state index in [1.807, 2.05) is 26.0 Å². The smallest absolute Gasteiger partial charge is 0.339 e. The molecule has 6 nitrogen and oxygen atoms in total. The Hall–Kier alpha value is -3.02. The predicted octanol–water partition coefficient (Wildman–Crippen LogP) is 4.37. The van der Waals surface area contributed by atoms with Gasteiger partial charge in [0.25, 0.3) is 5.91 Å². The Bertz CT molecular complexity index is 895. The Morgan fingerprint density at radius 2 is 1.76 bits per heavy atom. The highest BCUT2D eigenvalue weighted by molar-refractivity contribution is 6.02. The predicted molar refractivity (Wildman–Crippen MR) is 111 cm³/mol. The topological polar surface area (TPSA) is 73.9 Å². The molecule has 2 aromatic rings. The first-order valence-corrected chi connectivity index (χ1v) is 9.99. The van der Waals surface area contributed by atoms with Crippen LogP contribution in [0, 0.1) is 0 Å². The Labute approximate surface area is 171 Å². The van der Waals surface area contributed by atoms with Crippen molar-refractivity contribution in [1.82, 2.24) is 0 Å². The molecule has 0 fully saturated rings. The van der Waals surface area contributed by atoms with Crippen molar-refractivity contribution in [2.75, 3.05) is 18.5 Å². The molecule has 0 radical (unpaired) electrons. The van der Waals surface area contributed by atoms with Crippen LogP contribution in [0.2, 0.25) is 0 Å². The number of esters is 1. The summed E-state index contributed by atoms with van der Waals surface area (Å²) in [4.78, 5) is 25.3. The number of benzene rings is 2. The quantitative estimate of drug-likeness (QED) is 0.670. The number of carbonyl (C=O) groups is 2. The Balaban J connectivity index is 1.78. The van der Waals surface area contributed by atoms with Gasteiger partial charge in [0, 0.05) is 18.2 Å². The molecule has 0 saturated carbocycles. The molecule has 1 aliphatic heterocycles. The number of anilines is 1. The van der Waals surface area contributed by atoms with Crippen molar-refractivity contribution < 1.29 is 23.8 Å². The molecule has 29 heavy (non-hydrogen) atoms. The standard InChI is InChI=1S/C23H27NO5/c1-4-12-27-19-11-10-17(14-20(19)28-13-5-2)24-22(26)23(3)15-16-8-6-7-9-18(16)21(25)29-23/h6-11,14H,4-5,12-13,15H2,1-3H3,(H,24,26). The summed E-state index contributed by atoms with van der Waals surface area (Å²) >= 11 is 0. The van der Waals surface area contributed by atoms with Gasteiger partial charge in [-0.25, -0.2) is 4.79 Å². The molecule has 0 aliphatic carbocycles. The van der Waals surface area contributed by atoms with Gasteiger partial charge in [-0.05, 0) is 43.5 Å². The molecule has 154 valence electrons. The van der Waals surface area contributed by atoms with Gasteiger partial charge in [0.05, 0.1) is 18.8 Å². The molecule has 3 rings (SSSR count). The summed E-state index contributed by atoms with van der Waals surface area (Å²) in [6, 6.07) is 12.5. The van der Waals surface area contributed by atoms with E-state index in [1.165, 1.54) is 0 Å². The zero-order valence-electron chi connectivity index (χ0n) is 17.1. The van der Waals surface area contributed by atoms with Crippen LogP contribution < -0.4 is 14.8 Å². The molecule has 0 aromatic heterocycles. The number of hydrogen-bond acceptors (Lipinski definition) is 5. The molecule has 1 unspecified atom stereocenters. The number of cyclic esters (lactones) is 1. The van der Waals surface area contributed by atoms with Crippen molar-refractivity contribution >= 4 is 17.6 Å². The minimum Gasteiger partial charge on any atom is -0.490 e. The second-order valence-electron chi connectivity index (χ2n) is 7.27. The van der Waals surface area contributed by atoms with Crippen LogP contribution in [0.3, 0.4) is 0 Å². The molecule has 1 N–H and O–H groups in total. The number of amides is 1. The summed E-state index contributed by atoms with van der Waals surface area (Å²) in [5.74, 6) is 0.348. The SMILES string of the molecule is CCCOc1ccc(NC(=O)C2(C)Cc3ccccc3C(=O)O2)cc1OCCC. The highest BCUT2D eigenvalue weighted by Crippen LogP contribution is 2.33. The van der Waals surface area contributed by atoms with E-state index in [0.717, 1.165) is 18.4 Å². The van der Waals surface area contributed by atoms with Crippen LogP contribution >= 0.6 is 0 Å². The summed E-state index contributed by atoms with van der Waals surface area (Å²) in [7, 11) is 0. The Kier molecular flexibility index (Phi) is 6.42. The maximum absolute atomic E-state index is 13.0. The molecular formula is C23H27NO5. The molecule has 0 saturated heterocycles. The third-order valence-corrected chi connectivity index (χ3v) is 4.69. The van der Waals surface area contributed by atoms with Gasteiger partial charge in [0.2, 0.25) is 0 Å². The highest BCUT2D eigenvalue weighted by Gasteiger charge is 2.42. The largest absolute Gasteiger partial charge is 0.490 e. The fourth-order valence-electron chi connectivity index (χ4n) is 3.16. The van der Waals surface area contributed by atoms with E-state index >= 15 is 0 Å². The van der Waals surface area contributed by atoms with Gasteiger partial charge in [0.15, 0.2) is 17.1 Å². The number of nitrogens with one attached hydrogen (secondary N) is 1. The average molecular weight is 397 g/mol. The number of ether oxygens (including phenoxy) is 3. The van der Waals surface area contributed by atoms with Gasteiger partial charge >= 0.3 is 5.97 Å². The normalized spacial score (nSPS) is 17.8. The maximum Gasteiger partial charge on any atom is 0.339 e. The second-order valence-corrected chi connectivity index (χ2v) is 7.27. The summed E-state index contributed by atoms with van der Waals surface area (Å²) in [6.07, 6.45) is 2.06. The third kappa shape index (κ3) is 4.70. The summed E-state index contributed by atoms with van der Waals surface area (Å²) in [6.45, 7) is 6.82. The molecule has 6 heteroatoms. The third-order valence-electron chi connectivity index (χ3n) is 4.69. The molecule has 0 spiro atoms. The molecule has 0 bridgehead atoms. The van der Waals surface area contributed by atoms with Crippen LogP contribution in [0.1, 0.15) is 49.5 Å². The van der Waals surface area contributed by atoms with Crippen molar-refractivity contribution in [3.63, 3.8) is 0 Å². The van der Waals surface area contributed by atoms with E-state index in [-0.39, 0.29) is 5.91 Å². The van der Waals surface area contributed by atoms with Crippen molar-refractivity contribution in [3.8, 4) is 11.5 Å². The molecule has 1 atom stereocenters. The van der Waals surface area contributed by atoms with Crippen molar-refractivity contribution in [1.29, 1.82) is 0 Å². The van der Waals surface area contributed by atoms with E-state index in [9.17, 15) is 9.59 Å². The monoisotopic (exact) mass is 397 g/mol. The molecular weight excluding hydrogens is 370 g/mol. The van der Waals surface area contributed by atoms with Gasteiger partial charge in [0.1, 0.15) is 0 Å². The number of carbonyl (C=O) groups excluding carboxylic acids is 2. The van der Waals surface area contributed by atoms with Crippen LogP contribution in [-0.4, -0.2) is 30.7 Å². The lowest BCUT2D eigenvalue weighted by molar-refractivity contribution is -0.134. The zero-order valence-corrected chi connectivity index (χ0v) is 17.1. The maximum atomic E-state index is 13.0. The summed E-state index contributed by atoms with van der Waals surface area (Å²) in [5, 5.41) is 2.85. The van der Waals surface area contributed by atoms with Crippen LogP contribution in [-0.2, 0) is 16.0 Å². The second kappa shape index (κ2) is 8.99. The van der Waals surface area contributed by atoms with Crippen LogP contribution in [0.25, 0.3) is 0 Å². The lowest BCUT2D eigenvalue weighted by Crippen LogP contribution is -2.48. The highest BCUT2D eigenvalue weighted by atomic mass is 16.6. The lowest BCUT2D eigenvalue weighted by Gasteiger charge is -2.33. The Morgan fingerprint density at radius 1 is 1.07 bits per heavy atom. The molecule has 1 aliphatic rings. The number of fused-ring (bicyclic) bond motifs is 1. The number of hydrogen-bond donors (Lipinski definition) is 1. The first kappa shape index (κ1) is 20.7. The van der Waals surface area contributed by atoms with E-state index in [1.54, 1.807) is 37.3 Å². The van der Waals surface area contributed by atoms with Gasteiger partial charge < -0.3 is 19.5 Å². The van der Waals surface area contributed by atoms with Gasteiger partial charge in [-0.15, -0.1) is 0 Å². The van der Waals surface area contributed by atoms with Crippen molar-refractivity contribution in [2.45, 2.75) is 45.6 Å². The van der Waals surface area contributed by atoms with E-state index in [2.05, 4.69) is 5.32 Å². The minimum atomic E-state index is -1.28. The van der Waals surface area contributed by atoms with Gasteiger partial charge in [-0.3, -0.25) is 4.79 Å². The van der Waals surface area contributed by atoms with Crippen molar-refractivity contribution in [3.05, 3.63) is 53.6 Å². The van der Waals surface area contributed by atoms with Crippen LogP contribution in [0.4, 0.5) is 5.69 Å². The molecule has 2 aromatic carbocycles. The fraction of sp³-hybridized carbons (Fsp3) is 0.391. The van der Waals surface area contributed by atoms with Gasteiger partial charge in [-0.2, -0.15) is 0 Å².